The summed E-state index contributed by atoms with van der Waals surface area (Å²) in [6.07, 6.45) is 5.20. The monoisotopic (exact) mass is 237 g/mol. The van der Waals surface area contributed by atoms with Gasteiger partial charge in [0.2, 0.25) is 0 Å². The minimum Gasteiger partial charge on any atom is -0.481 e. The molecule has 0 heterocycles. The van der Waals surface area contributed by atoms with Gasteiger partial charge in [0.1, 0.15) is 5.78 Å². The molecule has 0 radical (unpaired) electrons. The van der Waals surface area contributed by atoms with E-state index < -0.39 is 5.97 Å². The fraction of sp³-hybridized carbons (Fsp3) is 0.769. The summed E-state index contributed by atoms with van der Waals surface area (Å²) in [4.78, 5) is 22.4. The van der Waals surface area contributed by atoms with Gasteiger partial charge >= 0.3 is 5.97 Å². The normalized spacial score (nSPS) is 33.6. The molecule has 0 bridgehead atoms. The van der Waals surface area contributed by atoms with Crippen LogP contribution in [0.4, 0.5) is 0 Å². The lowest BCUT2D eigenvalue weighted by molar-refractivity contribution is -0.143. The molecule has 0 aromatic rings. The summed E-state index contributed by atoms with van der Waals surface area (Å²) in [5, 5.41) is 17.0. The number of carboxylic acid groups (broad SMARTS) is 1. The van der Waals surface area contributed by atoms with Crippen LogP contribution in [0, 0.1) is 23.2 Å². The van der Waals surface area contributed by atoms with Gasteiger partial charge in [-0.3, -0.25) is 9.59 Å². The Morgan fingerprint density at radius 3 is 2.18 bits per heavy atom. The average molecular weight is 237 g/mol. The van der Waals surface area contributed by atoms with Crippen molar-refractivity contribution in [2.24, 2.45) is 17.8 Å². The first-order valence-corrected chi connectivity index (χ1v) is 6.43. The zero-order valence-electron chi connectivity index (χ0n) is 9.95. The molecule has 2 fully saturated rings. The van der Waals surface area contributed by atoms with Crippen molar-refractivity contribution in [3.63, 3.8) is 0 Å². The second-order valence-corrected chi connectivity index (χ2v) is 5.25. The summed E-state index contributed by atoms with van der Waals surface area (Å²) in [6.45, 7) is 0. The first kappa shape index (κ1) is 12.3. The van der Waals surface area contributed by atoms with Gasteiger partial charge in [0, 0.05) is 12.1 Å². The summed E-state index contributed by atoms with van der Waals surface area (Å²) in [5.41, 5.74) is 0.580. The van der Waals surface area contributed by atoms with E-state index >= 15 is 0 Å². The molecule has 17 heavy (non-hydrogen) atoms. The lowest BCUT2D eigenvalue weighted by atomic mass is 9.76. The second-order valence-electron chi connectivity index (χ2n) is 5.25. The van der Waals surface area contributed by atoms with Crippen molar-refractivity contribution >= 4 is 17.5 Å². The molecule has 0 aromatic carbocycles. The smallest absolute Gasteiger partial charge is 0.306 e. The van der Waals surface area contributed by atoms with Crippen molar-refractivity contribution in [1.29, 1.82) is 5.41 Å². The first-order chi connectivity index (χ1) is 8.09. The molecular formula is C13H19NO3. The zero-order valence-corrected chi connectivity index (χ0v) is 9.95. The van der Waals surface area contributed by atoms with E-state index in [1.54, 1.807) is 0 Å². The fourth-order valence-electron chi connectivity index (χ4n) is 3.08. The predicted molar refractivity (Wildman–Crippen MR) is 63.2 cm³/mol. The van der Waals surface area contributed by atoms with E-state index in [-0.39, 0.29) is 23.5 Å². The molecule has 0 saturated heterocycles. The van der Waals surface area contributed by atoms with Crippen LogP contribution >= 0.6 is 0 Å². The van der Waals surface area contributed by atoms with Crippen LogP contribution in [-0.4, -0.2) is 22.6 Å². The zero-order chi connectivity index (χ0) is 12.4. The summed E-state index contributed by atoms with van der Waals surface area (Å²) < 4.78 is 0. The number of hydrogen-bond acceptors (Lipinski definition) is 3. The molecule has 2 aliphatic rings. The van der Waals surface area contributed by atoms with Gasteiger partial charge in [-0.05, 0) is 44.4 Å². The SMILES string of the molecule is N=C(C1CCC(C(=O)O)CC1)C1CCCC1=O. The molecule has 0 amide bonds. The van der Waals surface area contributed by atoms with Gasteiger partial charge in [-0.1, -0.05) is 0 Å². The molecule has 4 nitrogen and oxygen atoms in total. The standard InChI is InChI=1S/C13H19NO3/c14-12(10-2-1-3-11(10)15)8-4-6-9(7-5-8)13(16)17/h8-10,14H,1-7H2,(H,16,17). The van der Waals surface area contributed by atoms with E-state index in [1.165, 1.54) is 0 Å². The molecule has 2 saturated carbocycles. The van der Waals surface area contributed by atoms with Gasteiger partial charge in [0.15, 0.2) is 0 Å². The van der Waals surface area contributed by atoms with E-state index in [4.69, 9.17) is 10.5 Å². The summed E-state index contributed by atoms with van der Waals surface area (Å²) in [7, 11) is 0. The molecule has 0 aliphatic heterocycles. The minimum absolute atomic E-state index is 0.151. The first-order valence-electron chi connectivity index (χ1n) is 6.43. The summed E-state index contributed by atoms with van der Waals surface area (Å²) in [5.74, 6) is -0.736. The van der Waals surface area contributed by atoms with Crippen LogP contribution in [0.15, 0.2) is 0 Å². The van der Waals surface area contributed by atoms with Gasteiger partial charge in [-0.15, -0.1) is 0 Å². The van der Waals surface area contributed by atoms with Crippen LogP contribution in [0.3, 0.4) is 0 Å². The van der Waals surface area contributed by atoms with Crippen LogP contribution in [0.1, 0.15) is 44.9 Å². The Labute approximate surface area is 101 Å². The maximum atomic E-state index is 11.6. The van der Waals surface area contributed by atoms with E-state index in [9.17, 15) is 9.59 Å². The van der Waals surface area contributed by atoms with Crippen molar-refractivity contribution in [2.75, 3.05) is 0 Å². The third-order valence-electron chi connectivity index (χ3n) is 4.20. The fourth-order valence-corrected chi connectivity index (χ4v) is 3.08. The van der Waals surface area contributed by atoms with E-state index in [1.807, 2.05) is 0 Å². The number of Topliss-reactive ketones (excluding diaryl/α,β-unsaturated/α-hetero) is 1. The molecule has 0 spiro atoms. The Morgan fingerprint density at radius 1 is 1.12 bits per heavy atom. The molecule has 1 atom stereocenters. The van der Waals surface area contributed by atoms with Crippen LogP contribution in [0.5, 0.6) is 0 Å². The van der Waals surface area contributed by atoms with Crippen molar-refractivity contribution in [3.8, 4) is 0 Å². The number of rotatable bonds is 3. The highest BCUT2D eigenvalue weighted by Crippen LogP contribution is 2.34. The highest BCUT2D eigenvalue weighted by molar-refractivity contribution is 6.05. The third kappa shape index (κ3) is 2.56. The van der Waals surface area contributed by atoms with E-state index in [0.717, 1.165) is 25.7 Å². The third-order valence-corrected chi connectivity index (χ3v) is 4.20. The van der Waals surface area contributed by atoms with Gasteiger partial charge in [0.25, 0.3) is 0 Å². The minimum atomic E-state index is -0.716. The second kappa shape index (κ2) is 4.98. The Kier molecular flexibility index (Phi) is 3.60. The Morgan fingerprint density at radius 2 is 1.71 bits per heavy atom. The number of hydrogen-bond donors (Lipinski definition) is 2. The van der Waals surface area contributed by atoms with Crippen molar-refractivity contribution in [1.82, 2.24) is 0 Å². The molecule has 4 heteroatoms. The molecular weight excluding hydrogens is 218 g/mol. The highest BCUT2D eigenvalue weighted by atomic mass is 16.4. The Bertz CT molecular complexity index is 343. The molecule has 2 aliphatic carbocycles. The van der Waals surface area contributed by atoms with Crippen LogP contribution in [0.25, 0.3) is 0 Å². The van der Waals surface area contributed by atoms with Crippen molar-refractivity contribution in [3.05, 3.63) is 0 Å². The number of ketones is 1. The maximum Gasteiger partial charge on any atom is 0.306 e. The Hall–Kier alpha value is -1.19. The summed E-state index contributed by atoms with van der Waals surface area (Å²) in [6, 6.07) is 0. The molecule has 1 unspecified atom stereocenters. The summed E-state index contributed by atoms with van der Waals surface area (Å²) >= 11 is 0. The topological polar surface area (TPSA) is 78.2 Å². The van der Waals surface area contributed by atoms with E-state index in [0.29, 0.717) is 25.0 Å². The average Bonchev–Trinajstić information content (AvgIpc) is 2.74. The van der Waals surface area contributed by atoms with Crippen molar-refractivity contribution in [2.45, 2.75) is 44.9 Å². The number of carboxylic acids is 1. The molecule has 0 aromatic heterocycles. The number of carbonyl (C=O) groups excluding carboxylic acids is 1. The lowest BCUT2D eigenvalue weighted by Crippen LogP contribution is -2.30. The van der Waals surface area contributed by atoms with Crippen molar-refractivity contribution < 1.29 is 14.7 Å². The van der Waals surface area contributed by atoms with Gasteiger partial charge in [-0.25, -0.2) is 0 Å². The van der Waals surface area contributed by atoms with Crippen LogP contribution in [-0.2, 0) is 9.59 Å². The molecule has 94 valence electrons. The Balaban J connectivity index is 1.90. The van der Waals surface area contributed by atoms with Gasteiger partial charge < -0.3 is 10.5 Å². The van der Waals surface area contributed by atoms with Crippen LogP contribution < -0.4 is 0 Å². The largest absolute Gasteiger partial charge is 0.481 e. The van der Waals surface area contributed by atoms with Gasteiger partial charge in [-0.2, -0.15) is 0 Å². The van der Waals surface area contributed by atoms with E-state index in [2.05, 4.69) is 0 Å². The highest BCUT2D eigenvalue weighted by Gasteiger charge is 2.35. The molecule has 2 rings (SSSR count). The number of carbonyl (C=O) groups is 2. The quantitative estimate of drug-likeness (QED) is 0.739. The molecule has 2 N–H and O–H groups in total. The predicted octanol–water partition coefficient (Wildman–Crippen LogP) is 2.27. The van der Waals surface area contributed by atoms with Crippen LogP contribution in [0.2, 0.25) is 0 Å². The number of aliphatic carboxylic acids is 1. The van der Waals surface area contributed by atoms with Gasteiger partial charge in [0.05, 0.1) is 11.8 Å². The number of nitrogens with one attached hydrogen (secondary N) is 1. The maximum absolute atomic E-state index is 11.6. The lowest BCUT2D eigenvalue weighted by Gasteiger charge is -2.28.